The molecule has 0 N–H and O–H groups in total. The molecule has 13 heavy (non-hydrogen) atoms. The van der Waals surface area contributed by atoms with Crippen molar-refractivity contribution in [2.24, 2.45) is 0 Å². The minimum atomic E-state index is 0.599. The maximum atomic E-state index is 10.5. The molecule has 0 unspecified atom stereocenters. The first-order valence-corrected chi connectivity index (χ1v) is 4.70. The largest absolute Gasteiger partial charge is 0.380 e. The third-order valence-electron chi connectivity index (χ3n) is 1.60. The van der Waals surface area contributed by atoms with Gasteiger partial charge in [0.05, 0.1) is 13.2 Å². The normalized spacial score (nSPS) is 10.0. The minimum Gasteiger partial charge on any atom is -0.380 e. The van der Waals surface area contributed by atoms with Crippen molar-refractivity contribution in [3.05, 3.63) is 0 Å². The fourth-order valence-corrected chi connectivity index (χ4v) is 0.869. The molecule has 0 aliphatic rings. The second-order valence-corrected chi connectivity index (χ2v) is 2.54. The van der Waals surface area contributed by atoms with E-state index in [2.05, 4.69) is 0 Å². The van der Waals surface area contributed by atoms with Crippen molar-refractivity contribution < 1.29 is 14.3 Å². The van der Waals surface area contributed by atoms with E-state index in [1.165, 1.54) is 0 Å². The fraction of sp³-hybridized carbons (Fsp3) is 0.889. The lowest BCUT2D eigenvalue weighted by Gasteiger charge is -2.16. The summed E-state index contributed by atoms with van der Waals surface area (Å²) in [6.07, 6.45) is 0.831. The van der Waals surface area contributed by atoms with Crippen LogP contribution >= 0.6 is 0 Å². The van der Waals surface area contributed by atoms with Crippen LogP contribution in [-0.2, 0) is 14.3 Å². The molecule has 78 valence electrons. The van der Waals surface area contributed by atoms with Gasteiger partial charge >= 0.3 is 0 Å². The summed E-state index contributed by atoms with van der Waals surface area (Å²) in [6, 6.07) is 0. The van der Waals surface area contributed by atoms with Gasteiger partial charge in [-0.05, 0) is 13.8 Å². The van der Waals surface area contributed by atoms with Crippen LogP contribution in [0.25, 0.3) is 0 Å². The quantitative estimate of drug-likeness (QED) is 0.392. The molecule has 0 aromatic rings. The van der Waals surface area contributed by atoms with Crippen LogP contribution in [0.2, 0.25) is 0 Å². The topological polar surface area (TPSA) is 38.8 Å². The molecule has 0 aliphatic carbocycles. The van der Waals surface area contributed by atoms with Gasteiger partial charge in [-0.15, -0.1) is 0 Å². The molecule has 0 aromatic carbocycles. The molecule has 0 saturated carbocycles. The molecule has 4 nitrogen and oxygen atoms in total. The Morgan fingerprint density at radius 3 is 1.85 bits per heavy atom. The summed E-state index contributed by atoms with van der Waals surface area (Å²) >= 11 is 0. The number of hydrogen-bond acceptors (Lipinski definition) is 3. The summed E-state index contributed by atoms with van der Waals surface area (Å²) in [6.45, 7) is 7.74. The molecule has 0 atom stereocenters. The number of carbonyl (C=O) groups is 1. The van der Waals surface area contributed by atoms with Crippen molar-refractivity contribution in [2.45, 2.75) is 13.8 Å². The molecular weight excluding hydrogens is 170 g/mol. The number of carbonyl (C=O) groups excluding carboxylic acids is 1. The van der Waals surface area contributed by atoms with Crippen molar-refractivity contribution in [1.29, 1.82) is 0 Å². The van der Waals surface area contributed by atoms with E-state index in [9.17, 15) is 4.79 Å². The Morgan fingerprint density at radius 2 is 1.54 bits per heavy atom. The van der Waals surface area contributed by atoms with Gasteiger partial charge in [-0.25, -0.2) is 0 Å². The zero-order valence-electron chi connectivity index (χ0n) is 8.49. The second-order valence-electron chi connectivity index (χ2n) is 2.54. The molecule has 0 aromatic heterocycles. The molecule has 0 heterocycles. The highest BCUT2D eigenvalue weighted by molar-refractivity contribution is 5.46. The van der Waals surface area contributed by atoms with Gasteiger partial charge < -0.3 is 14.4 Å². The lowest BCUT2D eigenvalue weighted by molar-refractivity contribution is -0.119. The van der Waals surface area contributed by atoms with Crippen LogP contribution in [0.4, 0.5) is 0 Å². The highest BCUT2D eigenvalue weighted by atomic mass is 16.5. The Morgan fingerprint density at radius 1 is 1.08 bits per heavy atom. The number of nitrogens with zero attached hydrogens (tertiary/aromatic N) is 1. The first-order valence-electron chi connectivity index (χ1n) is 4.70. The summed E-state index contributed by atoms with van der Waals surface area (Å²) in [7, 11) is 0. The van der Waals surface area contributed by atoms with Crippen LogP contribution in [0.1, 0.15) is 13.8 Å². The number of hydrogen-bond donors (Lipinski definition) is 0. The first-order chi connectivity index (χ1) is 6.35. The van der Waals surface area contributed by atoms with Crippen molar-refractivity contribution in [2.75, 3.05) is 39.5 Å². The molecule has 0 saturated heterocycles. The van der Waals surface area contributed by atoms with Crippen LogP contribution in [0.5, 0.6) is 0 Å². The maximum absolute atomic E-state index is 10.5. The zero-order chi connectivity index (χ0) is 9.94. The zero-order valence-corrected chi connectivity index (χ0v) is 8.49. The van der Waals surface area contributed by atoms with Crippen LogP contribution in [0, 0.1) is 0 Å². The highest BCUT2D eigenvalue weighted by Gasteiger charge is 1.99. The highest BCUT2D eigenvalue weighted by Crippen LogP contribution is 1.85. The number of rotatable bonds is 9. The average molecular weight is 189 g/mol. The summed E-state index contributed by atoms with van der Waals surface area (Å²) in [5.41, 5.74) is 0. The van der Waals surface area contributed by atoms with Crippen molar-refractivity contribution in [3.63, 3.8) is 0 Å². The van der Waals surface area contributed by atoms with E-state index in [-0.39, 0.29) is 0 Å². The predicted octanol–water partition coefficient (Wildman–Crippen LogP) is 0.518. The van der Waals surface area contributed by atoms with Gasteiger partial charge in [-0.3, -0.25) is 4.79 Å². The van der Waals surface area contributed by atoms with Gasteiger partial charge in [-0.1, -0.05) is 0 Å². The lowest BCUT2D eigenvalue weighted by Crippen LogP contribution is -2.29. The molecule has 0 bridgehead atoms. The standard InChI is InChI=1S/C9H19NO3/c1-3-12-7-5-10(9-11)6-8-13-4-2/h9H,3-8H2,1-2H3. The molecule has 4 heteroatoms. The van der Waals surface area contributed by atoms with Gasteiger partial charge in [0.1, 0.15) is 0 Å². The SMILES string of the molecule is CCOCCN(C=O)CCOCC. The number of ether oxygens (including phenoxy) is 2. The lowest BCUT2D eigenvalue weighted by atomic mass is 10.5. The molecule has 0 aliphatic heterocycles. The van der Waals surface area contributed by atoms with Crippen LogP contribution < -0.4 is 0 Å². The second kappa shape index (κ2) is 9.48. The van der Waals surface area contributed by atoms with Crippen molar-refractivity contribution >= 4 is 6.41 Å². The van der Waals surface area contributed by atoms with E-state index in [1.54, 1.807) is 4.90 Å². The number of amides is 1. The molecule has 0 fully saturated rings. The van der Waals surface area contributed by atoms with Gasteiger partial charge in [0.15, 0.2) is 0 Å². The molecule has 0 spiro atoms. The van der Waals surface area contributed by atoms with E-state index in [0.717, 1.165) is 6.41 Å². The summed E-state index contributed by atoms with van der Waals surface area (Å²) in [4.78, 5) is 12.2. The third kappa shape index (κ3) is 7.74. The summed E-state index contributed by atoms with van der Waals surface area (Å²) in [5.74, 6) is 0. The van der Waals surface area contributed by atoms with E-state index in [0.29, 0.717) is 39.5 Å². The van der Waals surface area contributed by atoms with E-state index in [4.69, 9.17) is 9.47 Å². The van der Waals surface area contributed by atoms with Crippen LogP contribution in [0.15, 0.2) is 0 Å². The molecular formula is C9H19NO3. The molecule has 0 rings (SSSR count). The Hall–Kier alpha value is -0.610. The molecule has 1 amide bonds. The monoisotopic (exact) mass is 189 g/mol. The fourth-order valence-electron chi connectivity index (χ4n) is 0.869. The van der Waals surface area contributed by atoms with E-state index in [1.807, 2.05) is 13.8 Å². The van der Waals surface area contributed by atoms with Gasteiger partial charge in [0.25, 0.3) is 0 Å². The Labute approximate surface area is 79.8 Å². The van der Waals surface area contributed by atoms with E-state index >= 15 is 0 Å². The van der Waals surface area contributed by atoms with Gasteiger partial charge in [0.2, 0.25) is 6.41 Å². The first kappa shape index (κ1) is 12.4. The van der Waals surface area contributed by atoms with Crippen LogP contribution in [-0.4, -0.2) is 50.8 Å². The minimum absolute atomic E-state index is 0.599. The van der Waals surface area contributed by atoms with Crippen LogP contribution in [0.3, 0.4) is 0 Å². The smallest absolute Gasteiger partial charge is 0.209 e. The summed E-state index contributed by atoms with van der Waals surface area (Å²) < 4.78 is 10.3. The van der Waals surface area contributed by atoms with E-state index < -0.39 is 0 Å². The Bertz CT molecular complexity index is 109. The van der Waals surface area contributed by atoms with Crippen molar-refractivity contribution in [1.82, 2.24) is 4.90 Å². The third-order valence-corrected chi connectivity index (χ3v) is 1.60. The Balaban J connectivity index is 3.34. The molecule has 0 radical (unpaired) electrons. The maximum Gasteiger partial charge on any atom is 0.209 e. The van der Waals surface area contributed by atoms with Crippen molar-refractivity contribution in [3.8, 4) is 0 Å². The Kier molecular flexibility index (Phi) is 9.03. The van der Waals surface area contributed by atoms with Gasteiger partial charge in [0, 0.05) is 26.3 Å². The predicted molar refractivity (Wildman–Crippen MR) is 50.6 cm³/mol. The van der Waals surface area contributed by atoms with Gasteiger partial charge in [-0.2, -0.15) is 0 Å². The average Bonchev–Trinajstić information content (AvgIpc) is 2.16. The summed E-state index contributed by atoms with van der Waals surface area (Å²) in [5, 5.41) is 0.